The average Bonchev–Trinajstić information content (AvgIpc) is 2.66. The molecule has 0 saturated carbocycles. The van der Waals surface area contributed by atoms with Crippen LogP contribution in [0.5, 0.6) is 11.5 Å². The van der Waals surface area contributed by atoms with E-state index >= 15 is 0 Å². The highest BCUT2D eigenvalue weighted by atomic mass is 16.5. The van der Waals surface area contributed by atoms with Gasteiger partial charge in [-0.05, 0) is 49.8 Å². The van der Waals surface area contributed by atoms with Gasteiger partial charge in [0.2, 0.25) is 0 Å². The Hall–Kier alpha value is -3.61. The molecule has 1 heterocycles. The number of aryl methyl sites for hydroxylation is 2. The summed E-state index contributed by atoms with van der Waals surface area (Å²) in [5.41, 5.74) is 2.47. The molecule has 0 radical (unpaired) electrons. The van der Waals surface area contributed by atoms with Crippen LogP contribution < -0.4 is 19.7 Å². The molecule has 144 valence electrons. The summed E-state index contributed by atoms with van der Waals surface area (Å²) >= 11 is 0. The first-order chi connectivity index (χ1) is 13.3. The van der Waals surface area contributed by atoms with E-state index in [0.29, 0.717) is 22.7 Å². The minimum atomic E-state index is -0.781. The summed E-state index contributed by atoms with van der Waals surface area (Å²) in [4.78, 5) is 38.8. The van der Waals surface area contributed by atoms with Crippen LogP contribution in [0.2, 0.25) is 0 Å². The zero-order valence-corrected chi connectivity index (χ0v) is 16.0. The average molecular weight is 380 g/mol. The molecule has 0 bridgehead atoms. The SMILES string of the molecule is COc1ccc(OC)c(/C=C2/C(=O)NC(=O)N(c3ccc(C)cc3C)C2=O)c1. The summed E-state index contributed by atoms with van der Waals surface area (Å²) in [5.74, 6) is -0.464. The zero-order chi connectivity index (χ0) is 20.4. The van der Waals surface area contributed by atoms with E-state index in [0.717, 1.165) is 16.0 Å². The van der Waals surface area contributed by atoms with E-state index in [2.05, 4.69) is 5.32 Å². The number of hydrogen-bond donors (Lipinski definition) is 1. The molecule has 2 aromatic carbocycles. The van der Waals surface area contributed by atoms with Crippen molar-refractivity contribution in [3.05, 3.63) is 58.7 Å². The standard InChI is InChI=1S/C21H20N2O5/c1-12-5-7-17(13(2)9-12)23-20(25)16(19(24)22-21(23)26)11-14-10-15(27-3)6-8-18(14)28-4/h5-11H,1-4H3,(H,22,24,26)/b16-11-. The number of hydrogen-bond acceptors (Lipinski definition) is 5. The van der Waals surface area contributed by atoms with Gasteiger partial charge < -0.3 is 9.47 Å². The maximum absolute atomic E-state index is 13.0. The third kappa shape index (κ3) is 3.46. The van der Waals surface area contributed by atoms with E-state index in [1.807, 2.05) is 13.0 Å². The molecule has 1 aliphatic rings. The first-order valence-corrected chi connectivity index (χ1v) is 8.56. The number of benzene rings is 2. The number of carbonyl (C=O) groups is 3. The molecule has 0 atom stereocenters. The summed E-state index contributed by atoms with van der Waals surface area (Å²) in [6.45, 7) is 3.71. The van der Waals surface area contributed by atoms with Crippen LogP contribution in [0.15, 0.2) is 42.0 Å². The Balaban J connectivity index is 2.09. The molecular formula is C21H20N2O5. The Bertz CT molecular complexity index is 1010. The van der Waals surface area contributed by atoms with E-state index in [4.69, 9.17) is 9.47 Å². The fraction of sp³-hybridized carbons (Fsp3) is 0.190. The predicted octanol–water partition coefficient (Wildman–Crippen LogP) is 2.99. The van der Waals surface area contributed by atoms with Crippen molar-refractivity contribution in [2.45, 2.75) is 13.8 Å². The molecule has 1 aliphatic heterocycles. The number of rotatable bonds is 4. The van der Waals surface area contributed by atoms with Gasteiger partial charge in [0.25, 0.3) is 11.8 Å². The Labute approximate surface area is 162 Å². The number of nitrogens with one attached hydrogen (secondary N) is 1. The Morgan fingerprint density at radius 2 is 1.71 bits per heavy atom. The summed E-state index contributed by atoms with van der Waals surface area (Å²) in [7, 11) is 3.00. The lowest BCUT2D eigenvalue weighted by atomic mass is 10.0. The third-order valence-corrected chi connectivity index (χ3v) is 4.43. The van der Waals surface area contributed by atoms with Gasteiger partial charge in [-0.15, -0.1) is 0 Å². The van der Waals surface area contributed by atoms with Crippen LogP contribution in [-0.2, 0) is 9.59 Å². The molecule has 28 heavy (non-hydrogen) atoms. The maximum Gasteiger partial charge on any atom is 0.335 e. The first-order valence-electron chi connectivity index (χ1n) is 8.56. The van der Waals surface area contributed by atoms with Crippen LogP contribution in [0.1, 0.15) is 16.7 Å². The number of methoxy groups -OCH3 is 2. The van der Waals surface area contributed by atoms with Crippen molar-refractivity contribution in [1.29, 1.82) is 0 Å². The lowest BCUT2D eigenvalue weighted by Gasteiger charge is -2.27. The highest BCUT2D eigenvalue weighted by Crippen LogP contribution is 2.29. The second-order valence-corrected chi connectivity index (χ2v) is 6.36. The van der Waals surface area contributed by atoms with Crippen molar-refractivity contribution in [3.63, 3.8) is 0 Å². The van der Waals surface area contributed by atoms with Gasteiger partial charge in [0.15, 0.2) is 0 Å². The van der Waals surface area contributed by atoms with Crippen LogP contribution in [0.3, 0.4) is 0 Å². The van der Waals surface area contributed by atoms with Gasteiger partial charge in [-0.1, -0.05) is 17.7 Å². The number of ether oxygens (including phenoxy) is 2. The topological polar surface area (TPSA) is 84.9 Å². The van der Waals surface area contributed by atoms with Crippen LogP contribution >= 0.6 is 0 Å². The number of barbiturate groups is 1. The summed E-state index contributed by atoms with van der Waals surface area (Å²) < 4.78 is 10.5. The lowest BCUT2D eigenvalue weighted by Crippen LogP contribution is -2.54. The molecule has 0 aromatic heterocycles. The van der Waals surface area contributed by atoms with Crippen molar-refractivity contribution < 1.29 is 23.9 Å². The minimum absolute atomic E-state index is 0.175. The molecule has 0 unspecified atom stereocenters. The van der Waals surface area contributed by atoms with Gasteiger partial charge >= 0.3 is 6.03 Å². The van der Waals surface area contributed by atoms with Crippen molar-refractivity contribution in [2.75, 3.05) is 19.1 Å². The summed E-state index contributed by atoms with van der Waals surface area (Å²) in [6, 6.07) is 9.58. The highest BCUT2D eigenvalue weighted by molar-refractivity contribution is 6.39. The molecule has 2 aromatic rings. The molecule has 3 rings (SSSR count). The van der Waals surface area contributed by atoms with Gasteiger partial charge in [0.05, 0.1) is 19.9 Å². The first kappa shape index (κ1) is 19.2. The number of nitrogens with zero attached hydrogens (tertiary/aromatic N) is 1. The summed E-state index contributed by atoms with van der Waals surface area (Å²) in [5, 5.41) is 2.22. The molecule has 4 amide bonds. The molecular weight excluding hydrogens is 360 g/mol. The monoisotopic (exact) mass is 380 g/mol. The normalized spacial score (nSPS) is 15.6. The number of imide groups is 2. The van der Waals surface area contributed by atoms with Crippen LogP contribution in [0.4, 0.5) is 10.5 Å². The molecule has 0 aliphatic carbocycles. The number of amides is 4. The molecule has 1 N–H and O–H groups in total. The van der Waals surface area contributed by atoms with Gasteiger partial charge in [-0.2, -0.15) is 0 Å². The van der Waals surface area contributed by atoms with Gasteiger partial charge in [0, 0.05) is 5.56 Å². The predicted molar refractivity (Wildman–Crippen MR) is 104 cm³/mol. The smallest absolute Gasteiger partial charge is 0.335 e. The zero-order valence-electron chi connectivity index (χ0n) is 16.0. The van der Waals surface area contributed by atoms with E-state index in [-0.39, 0.29) is 5.57 Å². The molecule has 7 heteroatoms. The number of anilines is 1. The lowest BCUT2D eigenvalue weighted by molar-refractivity contribution is -0.122. The highest BCUT2D eigenvalue weighted by Gasteiger charge is 2.37. The van der Waals surface area contributed by atoms with E-state index in [9.17, 15) is 14.4 Å². The van der Waals surface area contributed by atoms with E-state index < -0.39 is 17.8 Å². The Morgan fingerprint density at radius 1 is 0.964 bits per heavy atom. The Morgan fingerprint density at radius 3 is 2.36 bits per heavy atom. The van der Waals surface area contributed by atoms with Crippen molar-refractivity contribution in [2.24, 2.45) is 0 Å². The second-order valence-electron chi connectivity index (χ2n) is 6.36. The largest absolute Gasteiger partial charge is 0.497 e. The van der Waals surface area contributed by atoms with Gasteiger partial charge in [0.1, 0.15) is 17.1 Å². The minimum Gasteiger partial charge on any atom is -0.497 e. The van der Waals surface area contributed by atoms with E-state index in [1.165, 1.54) is 20.3 Å². The van der Waals surface area contributed by atoms with Crippen molar-refractivity contribution in [1.82, 2.24) is 5.32 Å². The van der Waals surface area contributed by atoms with E-state index in [1.54, 1.807) is 37.3 Å². The maximum atomic E-state index is 13.0. The molecule has 0 spiro atoms. The Kier molecular flexibility index (Phi) is 5.17. The number of urea groups is 1. The molecule has 1 fully saturated rings. The van der Waals surface area contributed by atoms with Crippen molar-refractivity contribution >= 4 is 29.6 Å². The van der Waals surface area contributed by atoms with Gasteiger partial charge in [-0.25, -0.2) is 9.69 Å². The van der Waals surface area contributed by atoms with Gasteiger partial charge in [-0.3, -0.25) is 14.9 Å². The second kappa shape index (κ2) is 7.56. The molecule has 1 saturated heterocycles. The van der Waals surface area contributed by atoms with Crippen LogP contribution in [0.25, 0.3) is 6.08 Å². The quantitative estimate of drug-likeness (QED) is 0.651. The number of carbonyl (C=O) groups excluding carboxylic acids is 3. The third-order valence-electron chi connectivity index (χ3n) is 4.43. The fourth-order valence-electron chi connectivity index (χ4n) is 3.04. The van der Waals surface area contributed by atoms with Crippen molar-refractivity contribution in [3.8, 4) is 11.5 Å². The molecule has 7 nitrogen and oxygen atoms in total. The van der Waals surface area contributed by atoms with Crippen LogP contribution in [-0.4, -0.2) is 32.1 Å². The van der Waals surface area contributed by atoms with Crippen LogP contribution in [0, 0.1) is 13.8 Å². The summed E-state index contributed by atoms with van der Waals surface area (Å²) in [6.07, 6.45) is 1.39. The fourth-order valence-corrected chi connectivity index (χ4v) is 3.04.